The van der Waals surface area contributed by atoms with Gasteiger partial charge in [0.1, 0.15) is 0 Å². The van der Waals surface area contributed by atoms with Crippen molar-refractivity contribution in [3.8, 4) is 0 Å². The lowest BCUT2D eigenvalue weighted by molar-refractivity contribution is -0.122. The van der Waals surface area contributed by atoms with E-state index >= 15 is 0 Å². The first-order valence-corrected chi connectivity index (χ1v) is 21.5. The Kier molecular flexibility index (Phi) is 24.8. The summed E-state index contributed by atoms with van der Waals surface area (Å²) in [4.78, 5) is 23.8. The van der Waals surface area contributed by atoms with Crippen LogP contribution in [0.15, 0.2) is 0 Å². The second kappa shape index (κ2) is 27.7. The van der Waals surface area contributed by atoms with Gasteiger partial charge in [0.25, 0.3) is 0 Å². The molecule has 4 nitrogen and oxygen atoms in total. The minimum absolute atomic E-state index is 0.147. The predicted octanol–water partition coefficient (Wildman–Crippen LogP) is 12.6. The van der Waals surface area contributed by atoms with Crippen molar-refractivity contribution < 1.29 is 9.59 Å². The van der Waals surface area contributed by atoms with Gasteiger partial charge in [0.15, 0.2) is 0 Å². The van der Waals surface area contributed by atoms with E-state index in [-0.39, 0.29) is 5.91 Å². The fourth-order valence-electron chi connectivity index (χ4n) is 9.25. The normalized spacial score (nSPS) is 24.7. The lowest BCUT2D eigenvalue weighted by Crippen LogP contribution is -2.40. The van der Waals surface area contributed by atoms with E-state index in [9.17, 15) is 9.59 Å². The number of hydrogen-bond acceptors (Lipinski definition) is 2. The molecule has 3 N–H and O–H groups in total. The molecule has 2 saturated carbocycles. The number of primary amides is 1. The minimum atomic E-state index is -0.147. The zero-order valence-corrected chi connectivity index (χ0v) is 32.0. The lowest BCUT2D eigenvalue weighted by atomic mass is 9.63. The van der Waals surface area contributed by atoms with Crippen molar-refractivity contribution in [2.24, 2.45) is 35.3 Å². The van der Waals surface area contributed by atoms with Crippen LogP contribution in [0.2, 0.25) is 0 Å². The summed E-state index contributed by atoms with van der Waals surface area (Å²) in [6, 6.07) is 0.414. The number of nitrogens with two attached hydrogens (primary N) is 1. The second-order valence-corrected chi connectivity index (χ2v) is 16.4. The standard InChI is InChI=1S/C43H82N2O2/c1-4-6-8-10-12-18-27-37-34-39(29-20-14-16-22-32-42(44)46)40(35-38(37)28-19-13-11-9-7-5-2)30-21-15-17-23-33-43(47)45-41-31-25-24-26-36(41)3/h36-41H,4-35H2,1-3H3,(H2,44,46)(H,45,47)/t36?,37?,38?,39?,40?,41-/m1/s1. The van der Waals surface area contributed by atoms with Crippen LogP contribution in [0.1, 0.15) is 226 Å². The Labute approximate surface area is 293 Å². The highest BCUT2D eigenvalue weighted by atomic mass is 16.2. The van der Waals surface area contributed by atoms with Gasteiger partial charge in [-0.15, -0.1) is 0 Å². The van der Waals surface area contributed by atoms with Crippen molar-refractivity contribution in [1.82, 2.24) is 5.32 Å². The van der Waals surface area contributed by atoms with Crippen LogP contribution in [-0.4, -0.2) is 17.9 Å². The molecule has 47 heavy (non-hydrogen) atoms. The van der Waals surface area contributed by atoms with E-state index in [1.165, 1.54) is 173 Å². The van der Waals surface area contributed by atoms with Gasteiger partial charge in [-0.2, -0.15) is 0 Å². The first-order chi connectivity index (χ1) is 22.9. The summed E-state index contributed by atoms with van der Waals surface area (Å²) in [6.45, 7) is 6.95. The zero-order valence-electron chi connectivity index (χ0n) is 32.0. The van der Waals surface area contributed by atoms with E-state index in [1.807, 2.05) is 0 Å². The lowest BCUT2D eigenvalue weighted by Gasteiger charge is -2.42. The van der Waals surface area contributed by atoms with Gasteiger partial charge in [0, 0.05) is 18.9 Å². The monoisotopic (exact) mass is 659 g/mol. The van der Waals surface area contributed by atoms with E-state index in [0.29, 0.717) is 30.7 Å². The van der Waals surface area contributed by atoms with Gasteiger partial charge in [0.05, 0.1) is 0 Å². The van der Waals surface area contributed by atoms with Gasteiger partial charge in [0.2, 0.25) is 11.8 Å². The van der Waals surface area contributed by atoms with Crippen LogP contribution in [0.3, 0.4) is 0 Å². The Morgan fingerprint density at radius 3 is 1.34 bits per heavy atom. The maximum Gasteiger partial charge on any atom is 0.220 e. The molecule has 0 aliphatic heterocycles. The third-order valence-corrected chi connectivity index (χ3v) is 12.3. The van der Waals surface area contributed by atoms with Crippen molar-refractivity contribution in [3.05, 3.63) is 0 Å². The molecule has 0 aromatic heterocycles. The van der Waals surface area contributed by atoms with E-state index in [0.717, 1.165) is 42.9 Å². The summed E-state index contributed by atoms with van der Waals surface area (Å²) in [5, 5.41) is 3.36. The van der Waals surface area contributed by atoms with Crippen LogP contribution in [-0.2, 0) is 9.59 Å². The molecule has 0 aromatic rings. The average molecular weight is 659 g/mol. The molecule has 5 unspecified atom stereocenters. The van der Waals surface area contributed by atoms with Crippen molar-refractivity contribution in [1.29, 1.82) is 0 Å². The predicted molar refractivity (Wildman–Crippen MR) is 203 cm³/mol. The third kappa shape index (κ3) is 20.3. The maximum atomic E-state index is 12.6. The van der Waals surface area contributed by atoms with E-state index < -0.39 is 0 Å². The molecule has 2 aliphatic rings. The molecule has 2 rings (SSSR count). The molecular formula is C43H82N2O2. The number of carbonyl (C=O) groups excluding carboxylic acids is 2. The Bertz CT molecular complexity index is 769. The quantitative estimate of drug-likeness (QED) is 0.0785. The molecule has 0 aromatic carbocycles. The van der Waals surface area contributed by atoms with Gasteiger partial charge in [-0.25, -0.2) is 0 Å². The molecule has 6 atom stereocenters. The molecule has 2 amide bonds. The first-order valence-electron chi connectivity index (χ1n) is 21.5. The number of unbranched alkanes of at least 4 members (excludes halogenated alkanes) is 16. The number of nitrogens with one attached hydrogen (secondary N) is 1. The van der Waals surface area contributed by atoms with Gasteiger partial charge in [-0.05, 0) is 68.1 Å². The summed E-state index contributed by atoms with van der Waals surface area (Å²) < 4.78 is 0. The van der Waals surface area contributed by atoms with Crippen LogP contribution < -0.4 is 11.1 Å². The molecule has 0 saturated heterocycles. The molecule has 2 fully saturated rings. The van der Waals surface area contributed by atoms with Gasteiger partial charge < -0.3 is 11.1 Å². The van der Waals surface area contributed by atoms with E-state index in [4.69, 9.17) is 5.73 Å². The summed E-state index contributed by atoms with van der Waals surface area (Å²) in [7, 11) is 0. The van der Waals surface area contributed by atoms with E-state index in [2.05, 4.69) is 26.1 Å². The molecule has 0 spiro atoms. The summed E-state index contributed by atoms with van der Waals surface area (Å²) >= 11 is 0. The van der Waals surface area contributed by atoms with Crippen LogP contribution in [0.5, 0.6) is 0 Å². The molecule has 0 bridgehead atoms. The molecule has 2 aliphatic carbocycles. The van der Waals surface area contributed by atoms with Crippen LogP contribution >= 0.6 is 0 Å². The number of carbonyl (C=O) groups is 2. The largest absolute Gasteiger partial charge is 0.370 e. The van der Waals surface area contributed by atoms with E-state index in [1.54, 1.807) is 0 Å². The van der Waals surface area contributed by atoms with Crippen molar-refractivity contribution in [3.63, 3.8) is 0 Å². The minimum Gasteiger partial charge on any atom is -0.370 e. The van der Waals surface area contributed by atoms with Gasteiger partial charge in [-0.3, -0.25) is 9.59 Å². The molecule has 4 heteroatoms. The maximum absolute atomic E-state index is 12.6. The fraction of sp³-hybridized carbons (Fsp3) is 0.953. The number of amides is 2. The van der Waals surface area contributed by atoms with Crippen LogP contribution in [0.4, 0.5) is 0 Å². The third-order valence-electron chi connectivity index (χ3n) is 12.3. The Hall–Kier alpha value is -1.06. The SMILES string of the molecule is CCCCCCCCC1CC(CCCCCCC(N)=O)C(CCCCCCC(=O)N[C@@H]2CCCCC2C)CC1CCCCCCCC. The Morgan fingerprint density at radius 2 is 0.915 bits per heavy atom. The molecular weight excluding hydrogens is 576 g/mol. The summed E-state index contributed by atoms with van der Waals surface area (Å²) in [6.07, 6.45) is 41.5. The zero-order chi connectivity index (χ0) is 34.0. The Balaban J connectivity index is 1.86. The highest BCUT2D eigenvalue weighted by Crippen LogP contribution is 2.46. The molecule has 0 radical (unpaired) electrons. The summed E-state index contributed by atoms with van der Waals surface area (Å²) in [5.74, 6) is 4.45. The van der Waals surface area contributed by atoms with Gasteiger partial charge in [-0.1, -0.05) is 175 Å². The highest BCUT2D eigenvalue weighted by molar-refractivity contribution is 5.76. The average Bonchev–Trinajstić information content (AvgIpc) is 3.05. The van der Waals surface area contributed by atoms with Crippen LogP contribution in [0.25, 0.3) is 0 Å². The fourth-order valence-corrected chi connectivity index (χ4v) is 9.25. The van der Waals surface area contributed by atoms with Crippen LogP contribution in [0, 0.1) is 29.6 Å². The smallest absolute Gasteiger partial charge is 0.220 e. The highest BCUT2D eigenvalue weighted by Gasteiger charge is 2.35. The van der Waals surface area contributed by atoms with Gasteiger partial charge >= 0.3 is 0 Å². The number of rotatable bonds is 29. The second-order valence-electron chi connectivity index (χ2n) is 16.4. The first kappa shape index (κ1) is 42.1. The molecule has 276 valence electrons. The van der Waals surface area contributed by atoms with Crippen molar-refractivity contribution in [2.75, 3.05) is 0 Å². The Morgan fingerprint density at radius 1 is 0.532 bits per heavy atom. The molecule has 0 heterocycles. The number of hydrogen-bond donors (Lipinski definition) is 2. The topological polar surface area (TPSA) is 72.2 Å². The summed E-state index contributed by atoms with van der Waals surface area (Å²) in [5.41, 5.74) is 5.39. The van der Waals surface area contributed by atoms with Crippen molar-refractivity contribution >= 4 is 11.8 Å². The van der Waals surface area contributed by atoms with Crippen molar-refractivity contribution in [2.45, 2.75) is 232 Å².